The number of ether oxygens (including phenoxy) is 2. The van der Waals surface area contributed by atoms with Gasteiger partial charge in [-0.15, -0.1) is 0 Å². The van der Waals surface area contributed by atoms with Crippen LogP contribution in [0.25, 0.3) is 0 Å². The molecule has 0 aliphatic heterocycles. The number of ketones is 1. The molecule has 0 atom stereocenters. The highest BCUT2D eigenvalue weighted by Gasteiger charge is 2.18. The molecule has 1 aromatic carbocycles. The fourth-order valence-electron chi connectivity index (χ4n) is 1.55. The lowest BCUT2D eigenvalue weighted by atomic mass is 10.1. The van der Waals surface area contributed by atoms with Crippen molar-refractivity contribution in [3.8, 4) is 5.75 Å². The summed E-state index contributed by atoms with van der Waals surface area (Å²) >= 11 is 0. The Labute approximate surface area is 129 Å². The molecule has 0 saturated carbocycles. The summed E-state index contributed by atoms with van der Waals surface area (Å²) in [6.45, 7) is 0.957. The molecule has 0 amide bonds. The Bertz CT molecular complexity index is 587. The number of carbonyl (C=O) groups excluding carboxylic acids is 2. The molecule has 0 spiro atoms. The highest BCUT2D eigenvalue weighted by Crippen LogP contribution is 2.12. The maximum Gasteiger partial charge on any atom is 0.344 e. The van der Waals surface area contributed by atoms with E-state index in [9.17, 15) is 9.59 Å². The van der Waals surface area contributed by atoms with Gasteiger partial charge in [0.25, 0.3) is 0 Å². The maximum absolute atomic E-state index is 11.9. The zero-order chi connectivity index (χ0) is 16.0. The number of carbonyl (C=O) groups is 2. The van der Waals surface area contributed by atoms with Gasteiger partial charge in [-0.3, -0.25) is 10.2 Å². The van der Waals surface area contributed by atoms with Gasteiger partial charge in [-0.05, 0) is 31.2 Å². The number of nitrogens with two attached hydrogens (primary N) is 2. The Morgan fingerprint density at radius 1 is 1.18 bits per heavy atom. The van der Waals surface area contributed by atoms with E-state index >= 15 is 0 Å². The third kappa shape index (κ3) is 4.93. The van der Waals surface area contributed by atoms with Crippen molar-refractivity contribution in [1.82, 2.24) is 0 Å². The van der Waals surface area contributed by atoms with Crippen LogP contribution in [0.1, 0.15) is 24.7 Å². The molecular weight excluding hydrogens is 286 g/mol. The first kappa shape index (κ1) is 19.2. The second-order valence-electron chi connectivity index (χ2n) is 4.20. The van der Waals surface area contributed by atoms with Gasteiger partial charge in [-0.1, -0.05) is 7.43 Å². The minimum atomic E-state index is -0.899. The molecule has 1 aromatic rings. The summed E-state index contributed by atoms with van der Waals surface area (Å²) in [4.78, 5) is 23.6. The Hall–Kier alpha value is -2.83. The molecular formula is C15H21N3O4. The zero-order valence-corrected chi connectivity index (χ0v) is 11.8. The third-order valence-corrected chi connectivity index (χ3v) is 2.61. The lowest BCUT2D eigenvalue weighted by molar-refractivity contribution is -0.137. The van der Waals surface area contributed by atoms with E-state index < -0.39 is 18.4 Å². The van der Waals surface area contributed by atoms with Gasteiger partial charge in [-0.25, -0.2) is 4.79 Å². The molecule has 7 heteroatoms. The smallest absolute Gasteiger partial charge is 0.344 e. The van der Waals surface area contributed by atoms with Gasteiger partial charge in [0.15, 0.2) is 12.4 Å². The van der Waals surface area contributed by atoms with Crippen molar-refractivity contribution in [2.24, 2.45) is 11.5 Å². The number of hydrogen-bond acceptors (Lipinski definition) is 6. The van der Waals surface area contributed by atoms with Crippen molar-refractivity contribution < 1.29 is 19.1 Å². The molecule has 1 rings (SSSR count). The van der Waals surface area contributed by atoms with Gasteiger partial charge in [-0.2, -0.15) is 0 Å². The Morgan fingerprint density at radius 3 is 2.14 bits per heavy atom. The predicted octanol–water partition coefficient (Wildman–Crippen LogP) is 1.23. The molecule has 0 aliphatic carbocycles. The summed E-state index contributed by atoms with van der Waals surface area (Å²) in [5.41, 5.74) is 10.9. The van der Waals surface area contributed by atoms with Crippen molar-refractivity contribution >= 4 is 17.6 Å². The summed E-state index contributed by atoms with van der Waals surface area (Å²) in [7, 11) is 1.52. The topological polar surface area (TPSA) is 128 Å². The normalized spacial score (nSPS) is 10.8. The SMILES string of the molecule is C.COc1ccc(C(=O)COC(=O)C(C(=N)N)=C(C)N)cc1. The first-order valence-corrected chi connectivity index (χ1v) is 6.02. The van der Waals surface area contributed by atoms with Gasteiger partial charge in [0.1, 0.15) is 17.2 Å². The van der Waals surface area contributed by atoms with Crippen LogP contribution in [0.3, 0.4) is 0 Å². The average Bonchev–Trinajstić information content (AvgIpc) is 2.44. The number of Topliss-reactive ketones (excluding diaryl/α,β-unsaturated/α-hetero) is 1. The average molecular weight is 307 g/mol. The lowest BCUT2D eigenvalue weighted by Gasteiger charge is -2.08. The summed E-state index contributed by atoms with van der Waals surface area (Å²) in [6, 6.07) is 6.37. The molecule has 0 radical (unpaired) electrons. The van der Waals surface area contributed by atoms with Crippen LogP contribution in [0, 0.1) is 5.41 Å². The van der Waals surface area contributed by atoms with Crippen LogP contribution in [-0.2, 0) is 9.53 Å². The second-order valence-corrected chi connectivity index (χ2v) is 4.20. The van der Waals surface area contributed by atoms with Crippen LogP contribution in [0.5, 0.6) is 5.75 Å². The standard InChI is InChI=1S/C14H17N3O4.CH4/c1-8(15)12(13(16)17)14(19)21-7-11(18)9-3-5-10(20-2)6-4-9;/h3-6H,7,15H2,1-2H3,(H3,16,17);1H4. The Morgan fingerprint density at radius 2 is 1.73 bits per heavy atom. The minimum Gasteiger partial charge on any atom is -0.497 e. The summed E-state index contributed by atoms with van der Waals surface area (Å²) < 4.78 is 9.80. The molecule has 5 N–H and O–H groups in total. The van der Waals surface area contributed by atoms with Crippen LogP contribution in [0.15, 0.2) is 35.5 Å². The quantitative estimate of drug-likeness (QED) is 0.238. The Balaban J connectivity index is 0.00000441. The first-order chi connectivity index (χ1) is 9.86. The maximum atomic E-state index is 11.9. The van der Waals surface area contributed by atoms with E-state index in [0.717, 1.165) is 0 Å². The molecule has 7 nitrogen and oxygen atoms in total. The van der Waals surface area contributed by atoms with Gasteiger partial charge in [0.2, 0.25) is 0 Å². The van der Waals surface area contributed by atoms with Crippen molar-refractivity contribution in [1.29, 1.82) is 5.41 Å². The molecule has 22 heavy (non-hydrogen) atoms. The van der Waals surface area contributed by atoms with E-state index in [-0.39, 0.29) is 24.5 Å². The number of allylic oxidation sites excluding steroid dienone is 1. The fourth-order valence-corrected chi connectivity index (χ4v) is 1.55. The van der Waals surface area contributed by atoms with Gasteiger partial charge in [0, 0.05) is 11.3 Å². The van der Waals surface area contributed by atoms with E-state index in [0.29, 0.717) is 11.3 Å². The molecule has 0 heterocycles. The number of benzene rings is 1. The van der Waals surface area contributed by atoms with Crippen LogP contribution in [0.4, 0.5) is 0 Å². The largest absolute Gasteiger partial charge is 0.497 e. The van der Waals surface area contributed by atoms with Crippen molar-refractivity contribution in [3.63, 3.8) is 0 Å². The number of esters is 1. The van der Waals surface area contributed by atoms with E-state index in [1.54, 1.807) is 24.3 Å². The summed E-state index contributed by atoms with van der Waals surface area (Å²) in [6.07, 6.45) is 0. The van der Waals surface area contributed by atoms with Gasteiger partial charge >= 0.3 is 5.97 Å². The highest BCUT2D eigenvalue weighted by molar-refractivity contribution is 6.17. The van der Waals surface area contributed by atoms with Crippen LogP contribution < -0.4 is 16.2 Å². The third-order valence-electron chi connectivity index (χ3n) is 2.61. The van der Waals surface area contributed by atoms with Crippen molar-refractivity contribution in [3.05, 3.63) is 41.1 Å². The molecule has 120 valence electrons. The van der Waals surface area contributed by atoms with Crippen molar-refractivity contribution in [2.75, 3.05) is 13.7 Å². The predicted molar refractivity (Wildman–Crippen MR) is 83.8 cm³/mol. The molecule has 0 saturated heterocycles. The molecule has 0 unspecified atom stereocenters. The van der Waals surface area contributed by atoms with E-state index in [1.165, 1.54) is 14.0 Å². The number of nitrogens with one attached hydrogen (secondary N) is 1. The van der Waals surface area contributed by atoms with Gasteiger partial charge in [0.05, 0.1) is 7.11 Å². The molecule has 0 aromatic heterocycles. The zero-order valence-electron chi connectivity index (χ0n) is 11.8. The summed E-state index contributed by atoms with van der Waals surface area (Å²) in [5.74, 6) is -1.17. The van der Waals surface area contributed by atoms with Crippen molar-refractivity contribution in [2.45, 2.75) is 14.4 Å². The molecule has 0 bridgehead atoms. The number of hydrogen-bond donors (Lipinski definition) is 3. The highest BCUT2D eigenvalue weighted by atomic mass is 16.5. The van der Waals surface area contributed by atoms with E-state index in [2.05, 4.69) is 0 Å². The van der Waals surface area contributed by atoms with Crippen LogP contribution in [0.2, 0.25) is 0 Å². The molecule has 0 fully saturated rings. The first-order valence-electron chi connectivity index (χ1n) is 6.02. The summed E-state index contributed by atoms with van der Waals surface area (Å²) in [5, 5.41) is 7.25. The van der Waals surface area contributed by atoms with E-state index in [1.807, 2.05) is 0 Å². The minimum absolute atomic E-state index is 0. The number of amidine groups is 1. The second kappa shape index (κ2) is 8.46. The Kier molecular flexibility index (Phi) is 7.37. The monoisotopic (exact) mass is 307 g/mol. The molecule has 0 aliphatic rings. The van der Waals surface area contributed by atoms with E-state index in [4.69, 9.17) is 26.4 Å². The number of rotatable bonds is 6. The van der Waals surface area contributed by atoms with Gasteiger partial charge < -0.3 is 20.9 Å². The lowest BCUT2D eigenvalue weighted by Crippen LogP contribution is -2.26. The van der Waals surface area contributed by atoms with Crippen LogP contribution >= 0.6 is 0 Å². The fraction of sp³-hybridized carbons (Fsp3) is 0.267. The van der Waals surface area contributed by atoms with Crippen LogP contribution in [-0.4, -0.2) is 31.3 Å². The number of methoxy groups -OCH3 is 1.